The number of amides is 2. The first-order valence-electron chi connectivity index (χ1n) is 11.3. The quantitative estimate of drug-likeness (QED) is 0.267. The van der Waals surface area contributed by atoms with Crippen molar-refractivity contribution in [2.24, 2.45) is 0 Å². The van der Waals surface area contributed by atoms with Gasteiger partial charge in [-0.1, -0.05) is 35.3 Å². The number of nitrogens with zero attached hydrogens (tertiary/aromatic N) is 2. The maximum absolute atomic E-state index is 13.3. The summed E-state index contributed by atoms with van der Waals surface area (Å²) in [5.74, 6) is -1.27. The molecule has 2 heterocycles. The number of morpholine rings is 1. The molecule has 0 saturated carbocycles. The summed E-state index contributed by atoms with van der Waals surface area (Å²) in [6.07, 6.45) is 0.300. The van der Waals surface area contributed by atoms with Crippen LogP contribution in [0.25, 0.3) is 10.8 Å². The average molecular weight is 513 g/mol. The van der Waals surface area contributed by atoms with E-state index in [1.54, 1.807) is 12.1 Å². The number of rotatable bonds is 6. The van der Waals surface area contributed by atoms with Gasteiger partial charge in [0, 0.05) is 57.3 Å². The van der Waals surface area contributed by atoms with Crippen LogP contribution in [0.15, 0.2) is 48.5 Å². The monoisotopic (exact) mass is 512 g/mol. The van der Waals surface area contributed by atoms with Crippen LogP contribution in [0, 0.1) is 0 Å². The lowest BCUT2D eigenvalue weighted by molar-refractivity contribution is 0.0476. The number of benzene rings is 3. The van der Waals surface area contributed by atoms with Crippen molar-refractivity contribution in [1.82, 2.24) is 4.90 Å². The number of halogens is 2. The van der Waals surface area contributed by atoms with Gasteiger partial charge in [0.2, 0.25) is 0 Å². The molecule has 35 heavy (non-hydrogen) atoms. The molecule has 3 aromatic carbocycles. The number of ether oxygens (including phenoxy) is 2. The van der Waals surface area contributed by atoms with E-state index in [1.165, 1.54) is 23.1 Å². The molecule has 0 N–H and O–H groups in total. The van der Waals surface area contributed by atoms with E-state index in [0.717, 1.165) is 24.2 Å². The number of imide groups is 1. The molecule has 0 spiro atoms. The van der Waals surface area contributed by atoms with Crippen molar-refractivity contribution in [2.75, 3.05) is 44.4 Å². The highest BCUT2D eigenvalue weighted by molar-refractivity contribution is 6.35. The molecular weight excluding hydrogens is 491 g/mol. The molecule has 0 atom stereocenters. The molecule has 2 aliphatic heterocycles. The molecule has 0 unspecified atom stereocenters. The van der Waals surface area contributed by atoms with Gasteiger partial charge in [-0.3, -0.25) is 14.5 Å². The number of anilines is 1. The van der Waals surface area contributed by atoms with Crippen molar-refractivity contribution in [2.45, 2.75) is 6.42 Å². The number of carbonyl (C=O) groups excluding carboxylic acids is 3. The molecule has 2 aliphatic rings. The Balaban J connectivity index is 1.30. The molecule has 2 amide bonds. The molecule has 0 radical (unpaired) electrons. The molecule has 7 nitrogen and oxygen atoms in total. The standard InChI is InChI=1S/C26H22Cl2N2O5/c27-17-13-16(14-18(28)15-17)26(33)35-10-2-7-30-24(31)20-4-1-3-19-22(29-8-11-34-12-9-29)6-5-21(23(19)20)25(30)32/h1,3-6,13-15H,2,7-12H2. The van der Waals surface area contributed by atoms with Gasteiger partial charge >= 0.3 is 5.97 Å². The minimum atomic E-state index is -0.573. The smallest absolute Gasteiger partial charge is 0.338 e. The minimum Gasteiger partial charge on any atom is -0.462 e. The second kappa shape index (κ2) is 9.85. The topological polar surface area (TPSA) is 76.2 Å². The zero-order valence-corrected chi connectivity index (χ0v) is 20.3. The third-order valence-corrected chi connectivity index (χ3v) is 6.61. The van der Waals surface area contributed by atoms with Gasteiger partial charge < -0.3 is 14.4 Å². The van der Waals surface area contributed by atoms with Gasteiger partial charge in [0.05, 0.1) is 25.4 Å². The maximum atomic E-state index is 13.3. The van der Waals surface area contributed by atoms with Crippen LogP contribution in [0.2, 0.25) is 10.0 Å². The number of hydrogen-bond donors (Lipinski definition) is 0. The van der Waals surface area contributed by atoms with Crippen molar-refractivity contribution in [3.05, 3.63) is 75.3 Å². The Morgan fingerprint density at radius 3 is 2.34 bits per heavy atom. The number of esters is 1. The van der Waals surface area contributed by atoms with Crippen LogP contribution in [0.3, 0.4) is 0 Å². The lowest BCUT2D eigenvalue weighted by Gasteiger charge is -2.32. The van der Waals surface area contributed by atoms with Crippen molar-refractivity contribution in [3.63, 3.8) is 0 Å². The van der Waals surface area contributed by atoms with Gasteiger partial charge in [-0.25, -0.2) is 4.79 Å². The number of hydrogen-bond acceptors (Lipinski definition) is 6. The van der Waals surface area contributed by atoms with E-state index in [0.29, 0.717) is 46.2 Å². The van der Waals surface area contributed by atoms with Gasteiger partial charge in [0.25, 0.3) is 11.8 Å². The average Bonchev–Trinajstić information content (AvgIpc) is 2.86. The Bertz CT molecular complexity index is 1290. The normalized spacial score (nSPS) is 15.6. The fourth-order valence-electron chi connectivity index (χ4n) is 4.56. The highest BCUT2D eigenvalue weighted by atomic mass is 35.5. The second-order valence-electron chi connectivity index (χ2n) is 8.37. The summed E-state index contributed by atoms with van der Waals surface area (Å²) in [6, 6.07) is 13.7. The number of carbonyl (C=O) groups is 3. The van der Waals surface area contributed by atoms with Crippen molar-refractivity contribution >= 4 is 57.4 Å². The Hall–Kier alpha value is -3.13. The Morgan fingerprint density at radius 2 is 1.63 bits per heavy atom. The van der Waals surface area contributed by atoms with Crippen molar-refractivity contribution in [1.29, 1.82) is 0 Å². The van der Waals surface area contributed by atoms with Crippen LogP contribution in [0.1, 0.15) is 37.5 Å². The lowest BCUT2D eigenvalue weighted by Crippen LogP contribution is -2.41. The van der Waals surface area contributed by atoms with Gasteiger partial charge in [-0.05, 0) is 42.8 Å². The van der Waals surface area contributed by atoms with E-state index in [2.05, 4.69) is 4.90 Å². The molecule has 1 fully saturated rings. The lowest BCUT2D eigenvalue weighted by atomic mass is 9.92. The summed E-state index contributed by atoms with van der Waals surface area (Å²) in [5.41, 5.74) is 2.23. The van der Waals surface area contributed by atoms with E-state index < -0.39 is 5.97 Å². The zero-order chi connectivity index (χ0) is 24.5. The van der Waals surface area contributed by atoms with Gasteiger partial charge in [-0.15, -0.1) is 0 Å². The van der Waals surface area contributed by atoms with E-state index in [4.69, 9.17) is 32.7 Å². The SMILES string of the molecule is O=C(OCCCN1C(=O)c2cccc3c(N4CCOCC4)ccc(c23)C1=O)c1cc(Cl)cc(Cl)c1. The molecule has 9 heteroatoms. The summed E-state index contributed by atoms with van der Waals surface area (Å²) < 4.78 is 10.7. The Kier molecular flexibility index (Phi) is 6.65. The highest BCUT2D eigenvalue weighted by Crippen LogP contribution is 2.36. The molecule has 180 valence electrons. The van der Waals surface area contributed by atoms with Gasteiger partial charge in [-0.2, -0.15) is 0 Å². The van der Waals surface area contributed by atoms with Crippen LogP contribution in [0.4, 0.5) is 5.69 Å². The van der Waals surface area contributed by atoms with E-state index in [-0.39, 0.29) is 30.5 Å². The largest absolute Gasteiger partial charge is 0.462 e. The van der Waals surface area contributed by atoms with E-state index >= 15 is 0 Å². The highest BCUT2D eigenvalue weighted by Gasteiger charge is 2.33. The first-order chi connectivity index (χ1) is 16.9. The predicted molar refractivity (Wildman–Crippen MR) is 134 cm³/mol. The molecule has 0 aromatic heterocycles. The summed E-state index contributed by atoms with van der Waals surface area (Å²) in [7, 11) is 0. The van der Waals surface area contributed by atoms with E-state index in [9.17, 15) is 14.4 Å². The van der Waals surface area contributed by atoms with E-state index in [1.807, 2.05) is 18.2 Å². The van der Waals surface area contributed by atoms with Crippen LogP contribution in [0.5, 0.6) is 0 Å². The minimum absolute atomic E-state index is 0.0348. The van der Waals surface area contributed by atoms with Crippen LogP contribution >= 0.6 is 23.2 Å². The van der Waals surface area contributed by atoms with Crippen LogP contribution < -0.4 is 4.90 Å². The third kappa shape index (κ3) is 4.59. The maximum Gasteiger partial charge on any atom is 0.338 e. The fraction of sp³-hybridized carbons (Fsp3) is 0.269. The summed E-state index contributed by atoms with van der Waals surface area (Å²) in [4.78, 5) is 42.2. The molecule has 3 aromatic rings. The Labute approximate surface area is 212 Å². The van der Waals surface area contributed by atoms with Gasteiger partial charge in [0.15, 0.2) is 0 Å². The van der Waals surface area contributed by atoms with Crippen LogP contribution in [-0.2, 0) is 9.47 Å². The first-order valence-corrected chi connectivity index (χ1v) is 12.1. The molecule has 5 rings (SSSR count). The first kappa shape index (κ1) is 23.6. The second-order valence-corrected chi connectivity index (χ2v) is 9.24. The molecule has 1 saturated heterocycles. The third-order valence-electron chi connectivity index (χ3n) is 6.18. The van der Waals surface area contributed by atoms with Crippen molar-refractivity contribution in [3.8, 4) is 0 Å². The summed E-state index contributed by atoms with van der Waals surface area (Å²) in [5, 5.41) is 2.24. The summed E-state index contributed by atoms with van der Waals surface area (Å²) in [6.45, 7) is 2.96. The zero-order valence-electron chi connectivity index (χ0n) is 18.8. The molecular formula is C26H22Cl2N2O5. The van der Waals surface area contributed by atoms with Crippen molar-refractivity contribution < 1.29 is 23.9 Å². The predicted octanol–water partition coefficient (Wildman–Crippen LogP) is 4.83. The fourth-order valence-corrected chi connectivity index (χ4v) is 5.08. The summed E-state index contributed by atoms with van der Waals surface area (Å²) >= 11 is 11.9. The van der Waals surface area contributed by atoms with Gasteiger partial charge in [0.1, 0.15) is 0 Å². The Morgan fingerprint density at radius 1 is 0.943 bits per heavy atom. The molecule has 0 bridgehead atoms. The van der Waals surface area contributed by atoms with Crippen LogP contribution in [-0.4, -0.2) is 62.1 Å². The molecule has 0 aliphatic carbocycles.